The van der Waals surface area contributed by atoms with Crippen LogP contribution in [0.2, 0.25) is 0 Å². The van der Waals surface area contributed by atoms with Crippen LogP contribution < -0.4 is 10.9 Å². The van der Waals surface area contributed by atoms with Crippen LogP contribution in [0.4, 0.5) is 5.13 Å². The van der Waals surface area contributed by atoms with E-state index < -0.39 is 12.0 Å². The van der Waals surface area contributed by atoms with Crippen molar-refractivity contribution in [3.63, 3.8) is 0 Å². The fraction of sp³-hybridized carbons (Fsp3) is 0.294. The second-order valence-electron chi connectivity index (χ2n) is 5.66. The number of hydrogen-bond acceptors (Lipinski definition) is 6. The van der Waals surface area contributed by atoms with E-state index >= 15 is 0 Å². The molecule has 0 aliphatic heterocycles. The maximum atomic E-state index is 12.1. The molecule has 1 atom stereocenters. The van der Waals surface area contributed by atoms with E-state index in [9.17, 15) is 14.7 Å². The molecule has 0 fully saturated rings. The molecule has 0 aliphatic carbocycles. The van der Waals surface area contributed by atoms with Gasteiger partial charge in [0.05, 0.1) is 0 Å². The normalized spacial score (nSPS) is 12.2. The average molecular weight is 358 g/mol. The van der Waals surface area contributed by atoms with Gasteiger partial charge in [-0.05, 0) is 12.0 Å². The number of rotatable bonds is 7. The first-order chi connectivity index (χ1) is 12.1. The molecule has 0 unspecified atom stereocenters. The highest BCUT2D eigenvalue weighted by atomic mass is 32.1. The molecule has 0 saturated heterocycles. The van der Waals surface area contributed by atoms with Gasteiger partial charge in [-0.3, -0.25) is 4.79 Å². The molecule has 0 aliphatic rings. The van der Waals surface area contributed by atoms with Crippen LogP contribution in [0.15, 0.2) is 41.2 Å². The Kier molecular flexibility index (Phi) is 5.08. The summed E-state index contributed by atoms with van der Waals surface area (Å²) in [6, 6.07) is 9.99. The Balaban J connectivity index is 1.86. The summed E-state index contributed by atoms with van der Waals surface area (Å²) in [4.78, 5) is 28.6. The van der Waals surface area contributed by atoms with Crippen LogP contribution in [0.25, 0.3) is 4.96 Å². The fourth-order valence-corrected chi connectivity index (χ4v) is 3.37. The number of carboxylic acids is 1. The van der Waals surface area contributed by atoms with E-state index in [0.29, 0.717) is 16.5 Å². The van der Waals surface area contributed by atoms with E-state index in [-0.39, 0.29) is 5.56 Å². The van der Waals surface area contributed by atoms with Crippen molar-refractivity contribution in [2.24, 2.45) is 0 Å². The van der Waals surface area contributed by atoms with E-state index in [1.807, 2.05) is 37.3 Å². The SMILES string of the molecule is CCCc1cc(=O)n2nc(N[C@@H](Cc3ccccc3)C(=O)O)sc2n1. The van der Waals surface area contributed by atoms with Gasteiger partial charge in [0.25, 0.3) is 5.56 Å². The minimum atomic E-state index is -0.977. The summed E-state index contributed by atoms with van der Waals surface area (Å²) in [7, 11) is 0. The number of benzene rings is 1. The molecule has 7 nitrogen and oxygen atoms in total. The lowest BCUT2D eigenvalue weighted by atomic mass is 10.1. The van der Waals surface area contributed by atoms with Crippen LogP contribution in [0, 0.1) is 0 Å². The smallest absolute Gasteiger partial charge is 0.326 e. The Labute approximate surface area is 148 Å². The van der Waals surface area contributed by atoms with E-state index in [4.69, 9.17) is 0 Å². The quantitative estimate of drug-likeness (QED) is 0.672. The molecule has 130 valence electrons. The van der Waals surface area contributed by atoms with Crippen LogP contribution >= 0.6 is 11.3 Å². The fourth-order valence-electron chi connectivity index (χ4n) is 2.50. The van der Waals surface area contributed by atoms with Gasteiger partial charge in [0.1, 0.15) is 6.04 Å². The molecule has 3 rings (SSSR count). The molecule has 0 amide bonds. The van der Waals surface area contributed by atoms with E-state index in [1.165, 1.54) is 21.9 Å². The summed E-state index contributed by atoms with van der Waals surface area (Å²) < 4.78 is 1.20. The number of aryl methyl sites for hydroxylation is 1. The predicted octanol–water partition coefficient (Wildman–Crippen LogP) is 2.21. The summed E-state index contributed by atoms with van der Waals surface area (Å²) in [6.45, 7) is 2.02. The second-order valence-corrected chi connectivity index (χ2v) is 6.62. The van der Waals surface area contributed by atoms with Gasteiger partial charge in [-0.1, -0.05) is 55.0 Å². The molecule has 0 spiro atoms. The summed E-state index contributed by atoms with van der Waals surface area (Å²) in [5, 5.41) is 16.9. The van der Waals surface area contributed by atoms with E-state index in [1.54, 1.807) is 0 Å². The highest BCUT2D eigenvalue weighted by Crippen LogP contribution is 2.19. The van der Waals surface area contributed by atoms with Gasteiger partial charge in [-0.2, -0.15) is 4.52 Å². The van der Waals surface area contributed by atoms with Gasteiger partial charge < -0.3 is 10.4 Å². The summed E-state index contributed by atoms with van der Waals surface area (Å²) >= 11 is 1.17. The van der Waals surface area contributed by atoms with Crippen molar-refractivity contribution in [2.75, 3.05) is 5.32 Å². The number of carbonyl (C=O) groups is 1. The lowest BCUT2D eigenvalue weighted by Gasteiger charge is -2.13. The highest BCUT2D eigenvalue weighted by Gasteiger charge is 2.20. The maximum absolute atomic E-state index is 12.1. The van der Waals surface area contributed by atoms with Crippen LogP contribution in [-0.2, 0) is 17.6 Å². The van der Waals surface area contributed by atoms with Gasteiger partial charge in [-0.15, -0.1) is 5.10 Å². The number of anilines is 1. The van der Waals surface area contributed by atoms with E-state index in [0.717, 1.165) is 24.1 Å². The predicted molar refractivity (Wildman–Crippen MR) is 96.3 cm³/mol. The molecule has 0 radical (unpaired) electrons. The molecule has 2 aromatic heterocycles. The molecule has 25 heavy (non-hydrogen) atoms. The van der Waals surface area contributed by atoms with Crippen molar-refractivity contribution in [1.29, 1.82) is 0 Å². The van der Waals surface area contributed by atoms with Crippen molar-refractivity contribution in [1.82, 2.24) is 14.6 Å². The summed E-state index contributed by atoms with van der Waals surface area (Å²) in [5.41, 5.74) is 1.37. The zero-order chi connectivity index (χ0) is 17.8. The van der Waals surface area contributed by atoms with Crippen molar-refractivity contribution >= 4 is 27.4 Å². The Morgan fingerprint density at radius 3 is 2.80 bits per heavy atom. The number of nitrogens with zero attached hydrogens (tertiary/aromatic N) is 3. The minimum Gasteiger partial charge on any atom is -0.480 e. The first kappa shape index (κ1) is 17.1. The molecule has 0 bridgehead atoms. The van der Waals surface area contributed by atoms with Crippen LogP contribution in [0.5, 0.6) is 0 Å². The molecule has 8 heteroatoms. The first-order valence-corrected chi connectivity index (χ1v) is 8.81. The third-order valence-electron chi connectivity index (χ3n) is 3.68. The maximum Gasteiger partial charge on any atom is 0.326 e. The lowest BCUT2D eigenvalue weighted by molar-refractivity contribution is -0.137. The molecule has 2 N–H and O–H groups in total. The molecule has 0 saturated carbocycles. The molecule has 2 heterocycles. The largest absolute Gasteiger partial charge is 0.480 e. The van der Waals surface area contributed by atoms with Crippen LogP contribution in [0.1, 0.15) is 24.6 Å². The summed E-state index contributed by atoms with van der Waals surface area (Å²) in [5.74, 6) is -0.977. The minimum absolute atomic E-state index is 0.257. The van der Waals surface area contributed by atoms with Crippen molar-refractivity contribution < 1.29 is 9.90 Å². The Morgan fingerprint density at radius 1 is 1.36 bits per heavy atom. The number of aromatic nitrogens is 3. The van der Waals surface area contributed by atoms with Crippen molar-refractivity contribution in [3.8, 4) is 0 Å². The second kappa shape index (κ2) is 7.43. The third kappa shape index (κ3) is 4.03. The van der Waals surface area contributed by atoms with Gasteiger partial charge in [0, 0.05) is 18.2 Å². The van der Waals surface area contributed by atoms with Crippen molar-refractivity contribution in [3.05, 3.63) is 58.0 Å². The zero-order valence-electron chi connectivity index (χ0n) is 13.7. The van der Waals surface area contributed by atoms with Gasteiger partial charge in [0.2, 0.25) is 10.1 Å². The first-order valence-electron chi connectivity index (χ1n) is 8.00. The molecular weight excluding hydrogens is 340 g/mol. The number of hydrogen-bond donors (Lipinski definition) is 2. The zero-order valence-corrected chi connectivity index (χ0v) is 14.5. The van der Waals surface area contributed by atoms with E-state index in [2.05, 4.69) is 15.4 Å². The lowest BCUT2D eigenvalue weighted by Crippen LogP contribution is -2.31. The Hall–Kier alpha value is -2.74. The monoisotopic (exact) mass is 358 g/mol. The Morgan fingerprint density at radius 2 is 2.12 bits per heavy atom. The number of nitrogens with one attached hydrogen (secondary N) is 1. The van der Waals surface area contributed by atoms with Crippen LogP contribution in [-0.4, -0.2) is 31.7 Å². The average Bonchev–Trinajstić information content (AvgIpc) is 2.98. The standard InChI is InChI=1S/C17H18N4O3S/c1-2-6-12-10-14(22)21-17(18-12)25-16(20-21)19-13(15(23)24)9-11-7-4-3-5-8-11/h3-5,7-8,10,13H,2,6,9H2,1H3,(H,19,20)(H,23,24)/t13-/m0/s1. The van der Waals surface area contributed by atoms with Crippen molar-refractivity contribution in [2.45, 2.75) is 32.2 Å². The topological polar surface area (TPSA) is 96.6 Å². The number of fused-ring (bicyclic) bond motifs is 1. The van der Waals surface area contributed by atoms with Crippen LogP contribution in [0.3, 0.4) is 0 Å². The van der Waals surface area contributed by atoms with Gasteiger partial charge in [-0.25, -0.2) is 9.78 Å². The highest BCUT2D eigenvalue weighted by molar-refractivity contribution is 7.20. The number of carboxylic acid groups (broad SMARTS) is 1. The molecule has 1 aromatic carbocycles. The van der Waals surface area contributed by atoms with Gasteiger partial charge in [0.15, 0.2) is 0 Å². The summed E-state index contributed by atoms with van der Waals surface area (Å²) in [6.07, 6.45) is 1.93. The number of aliphatic carboxylic acids is 1. The Bertz CT molecular complexity index is 936. The third-order valence-corrected chi connectivity index (χ3v) is 4.52. The molecule has 3 aromatic rings. The molecular formula is C17H18N4O3S. The van der Waals surface area contributed by atoms with Gasteiger partial charge >= 0.3 is 5.97 Å².